The van der Waals surface area contributed by atoms with E-state index in [4.69, 9.17) is 4.74 Å². The first-order valence-corrected chi connectivity index (χ1v) is 8.75. The SMILES string of the molecule is Cc1ncc(-c2ccc3cnc(NC(=O)N4CCOCC4)c(F)c3c2)n1C. The summed E-state index contributed by atoms with van der Waals surface area (Å²) in [5.74, 6) is 0.255. The Morgan fingerprint density at radius 1 is 1.22 bits per heavy atom. The minimum absolute atomic E-state index is 0.0719. The topological polar surface area (TPSA) is 72.3 Å². The molecule has 7 nitrogen and oxygen atoms in total. The van der Waals surface area contributed by atoms with Crippen LogP contribution in [0.25, 0.3) is 22.0 Å². The number of ether oxygens (including phenoxy) is 1. The first-order valence-electron chi connectivity index (χ1n) is 8.75. The van der Waals surface area contributed by atoms with Crippen LogP contribution in [0, 0.1) is 12.7 Å². The molecule has 1 aliphatic rings. The maximum absolute atomic E-state index is 15.1. The Labute approximate surface area is 155 Å². The fourth-order valence-corrected chi connectivity index (χ4v) is 3.14. The van der Waals surface area contributed by atoms with Crippen LogP contribution in [0.3, 0.4) is 0 Å². The van der Waals surface area contributed by atoms with Crippen molar-refractivity contribution in [3.05, 3.63) is 42.2 Å². The molecule has 0 atom stereocenters. The molecule has 0 spiro atoms. The standard InChI is InChI=1S/C19H20FN5O2/c1-12-21-11-16(24(12)2)13-3-4-14-10-22-18(17(20)15(14)9-13)23-19(26)25-5-7-27-8-6-25/h3-4,9-11H,5-8H2,1-2H3,(H,22,23,26). The quantitative estimate of drug-likeness (QED) is 0.754. The number of imidazole rings is 1. The van der Waals surface area contributed by atoms with Crippen molar-refractivity contribution in [1.29, 1.82) is 0 Å². The number of halogens is 1. The van der Waals surface area contributed by atoms with Crippen LogP contribution < -0.4 is 5.32 Å². The van der Waals surface area contributed by atoms with Gasteiger partial charge in [0.1, 0.15) is 5.82 Å². The lowest BCUT2D eigenvalue weighted by Crippen LogP contribution is -2.43. The van der Waals surface area contributed by atoms with Gasteiger partial charge < -0.3 is 14.2 Å². The van der Waals surface area contributed by atoms with Gasteiger partial charge in [0.2, 0.25) is 0 Å². The van der Waals surface area contributed by atoms with Crippen LogP contribution in [0.2, 0.25) is 0 Å². The Hall–Kier alpha value is -3.00. The van der Waals surface area contributed by atoms with Gasteiger partial charge in [0.25, 0.3) is 0 Å². The minimum Gasteiger partial charge on any atom is -0.378 e. The molecule has 0 saturated carbocycles. The number of hydrogen-bond donors (Lipinski definition) is 1. The summed E-state index contributed by atoms with van der Waals surface area (Å²) in [5.41, 5.74) is 1.74. The Bertz CT molecular complexity index is 1010. The smallest absolute Gasteiger partial charge is 0.323 e. The molecule has 8 heteroatoms. The summed E-state index contributed by atoms with van der Waals surface area (Å²) in [6, 6.07) is 5.11. The van der Waals surface area contributed by atoms with Gasteiger partial charge in [-0.25, -0.2) is 19.2 Å². The van der Waals surface area contributed by atoms with Crippen LogP contribution in [-0.4, -0.2) is 51.8 Å². The molecule has 1 saturated heterocycles. The zero-order valence-electron chi connectivity index (χ0n) is 15.2. The zero-order chi connectivity index (χ0) is 19.0. The number of fused-ring (bicyclic) bond motifs is 1. The Balaban J connectivity index is 1.68. The zero-order valence-corrected chi connectivity index (χ0v) is 15.2. The predicted molar refractivity (Wildman–Crippen MR) is 100 cm³/mol. The maximum Gasteiger partial charge on any atom is 0.323 e. The molecule has 27 heavy (non-hydrogen) atoms. The molecule has 0 unspecified atom stereocenters. The number of morpholine rings is 1. The van der Waals surface area contributed by atoms with E-state index in [1.54, 1.807) is 23.4 Å². The summed E-state index contributed by atoms with van der Waals surface area (Å²) in [6.07, 6.45) is 3.32. The van der Waals surface area contributed by atoms with Crippen molar-refractivity contribution >= 4 is 22.6 Å². The molecule has 2 aromatic heterocycles. The van der Waals surface area contributed by atoms with Gasteiger partial charge in [0.15, 0.2) is 11.6 Å². The summed E-state index contributed by atoms with van der Waals surface area (Å²) in [6.45, 7) is 3.83. The molecule has 2 amide bonds. The number of benzene rings is 1. The number of nitrogens with one attached hydrogen (secondary N) is 1. The number of carbonyl (C=O) groups is 1. The van der Waals surface area contributed by atoms with Crippen molar-refractivity contribution in [3.63, 3.8) is 0 Å². The maximum atomic E-state index is 15.1. The van der Waals surface area contributed by atoms with Gasteiger partial charge in [0, 0.05) is 42.7 Å². The third kappa shape index (κ3) is 3.23. The first-order chi connectivity index (χ1) is 13.0. The normalized spacial score (nSPS) is 14.6. The molecular formula is C19H20FN5O2. The van der Waals surface area contributed by atoms with E-state index >= 15 is 4.39 Å². The van der Waals surface area contributed by atoms with Crippen molar-refractivity contribution < 1.29 is 13.9 Å². The fourth-order valence-electron chi connectivity index (χ4n) is 3.14. The summed E-state index contributed by atoms with van der Waals surface area (Å²) < 4.78 is 22.2. The van der Waals surface area contributed by atoms with Gasteiger partial charge in [0.05, 0.1) is 25.1 Å². The second-order valence-corrected chi connectivity index (χ2v) is 6.50. The molecule has 0 aliphatic carbocycles. The summed E-state index contributed by atoms with van der Waals surface area (Å²) in [4.78, 5) is 22.3. The lowest BCUT2D eigenvalue weighted by atomic mass is 10.1. The van der Waals surface area contributed by atoms with E-state index in [9.17, 15) is 4.79 Å². The number of nitrogens with zero attached hydrogens (tertiary/aromatic N) is 4. The molecule has 1 fully saturated rings. The number of anilines is 1. The van der Waals surface area contributed by atoms with Crippen molar-refractivity contribution in [1.82, 2.24) is 19.4 Å². The number of aromatic nitrogens is 3. The van der Waals surface area contributed by atoms with Crippen LogP contribution in [0.5, 0.6) is 0 Å². The highest BCUT2D eigenvalue weighted by Crippen LogP contribution is 2.28. The highest BCUT2D eigenvalue weighted by Gasteiger charge is 2.20. The highest BCUT2D eigenvalue weighted by atomic mass is 19.1. The molecule has 1 aromatic carbocycles. The van der Waals surface area contributed by atoms with E-state index < -0.39 is 5.82 Å². The highest BCUT2D eigenvalue weighted by molar-refractivity contribution is 5.93. The van der Waals surface area contributed by atoms with Gasteiger partial charge in [-0.2, -0.15) is 0 Å². The molecule has 140 valence electrons. The molecule has 0 radical (unpaired) electrons. The third-order valence-corrected chi connectivity index (χ3v) is 4.87. The Kier molecular flexibility index (Phi) is 4.49. The second kappa shape index (κ2) is 6.96. The lowest BCUT2D eigenvalue weighted by Gasteiger charge is -2.26. The number of rotatable bonds is 2. The molecule has 3 aromatic rings. The first kappa shape index (κ1) is 17.4. The lowest BCUT2D eigenvalue weighted by molar-refractivity contribution is 0.0564. The van der Waals surface area contributed by atoms with Crippen LogP contribution in [0.4, 0.5) is 15.0 Å². The van der Waals surface area contributed by atoms with Crippen LogP contribution in [0.1, 0.15) is 5.82 Å². The van der Waals surface area contributed by atoms with Crippen molar-refractivity contribution in [2.45, 2.75) is 6.92 Å². The predicted octanol–water partition coefficient (Wildman–Crippen LogP) is 2.95. The monoisotopic (exact) mass is 369 g/mol. The van der Waals surface area contributed by atoms with E-state index in [1.165, 1.54) is 0 Å². The van der Waals surface area contributed by atoms with Gasteiger partial charge >= 0.3 is 6.03 Å². The summed E-state index contributed by atoms with van der Waals surface area (Å²) in [5, 5.41) is 3.64. The summed E-state index contributed by atoms with van der Waals surface area (Å²) >= 11 is 0. The third-order valence-electron chi connectivity index (χ3n) is 4.87. The molecular weight excluding hydrogens is 349 g/mol. The van der Waals surface area contributed by atoms with E-state index in [2.05, 4.69) is 15.3 Å². The number of carbonyl (C=O) groups excluding carboxylic acids is 1. The molecule has 3 heterocycles. The number of pyridine rings is 1. The van der Waals surface area contributed by atoms with Gasteiger partial charge in [-0.3, -0.25) is 5.32 Å². The number of hydrogen-bond acceptors (Lipinski definition) is 4. The minimum atomic E-state index is -0.546. The van der Waals surface area contributed by atoms with E-state index in [1.807, 2.05) is 30.7 Å². The Morgan fingerprint density at radius 3 is 2.70 bits per heavy atom. The van der Waals surface area contributed by atoms with Crippen LogP contribution >= 0.6 is 0 Å². The van der Waals surface area contributed by atoms with E-state index in [0.717, 1.165) is 17.1 Å². The van der Waals surface area contributed by atoms with Gasteiger partial charge in [-0.05, 0) is 13.0 Å². The van der Waals surface area contributed by atoms with Crippen molar-refractivity contribution in [3.8, 4) is 11.3 Å². The Morgan fingerprint density at radius 2 is 2.00 bits per heavy atom. The van der Waals surface area contributed by atoms with E-state index in [0.29, 0.717) is 37.1 Å². The number of amides is 2. The average molecular weight is 369 g/mol. The van der Waals surface area contributed by atoms with Gasteiger partial charge in [-0.1, -0.05) is 12.1 Å². The largest absolute Gasteiger partial charge is 0.378 e. The molecule has 0 bridgehead atoms. The van der Waals surface area contributed by atoms with Crippen LogP contribution in [-0.2, 0) is 11.8 Å². The van der Waals surface area contributed by atoms with Crippen molar-refractivity contribution in [2.24, 2.45) is 7.05 Å². The molecule has 1 aliphatic heterocycles. The second-order valence-electron chi connectivity index (χ2n) is 6.50. The van der Waals surface area contributed by atoms with Crippen LogP contribution in [0.15, 0.2) is 30.6 Å². The van der Waals surface area contributed by atoms with E-state index in [-0.39, 0.29) is 11.8 Å². The van der Waals surface area contributed by atoms with Gasteiger partial charge in [-0.15, -0.1) is 0 Å². The average Bonchev–Trinajstić information content (AvgIpc) is 3.03. The fraction of sp³-hybridized carbons (Fsp3) is 0.316. The number of aryl methyl sites for hydroxylation is 1. The molecule has 4 rings (SSSR count). The molecule has 1 N–H and O–H groups in total. The summed E-state index contributed by atoms with van der Waals surface area (Å²) in [7, 11) is 1.92. The van der Waals surface area contributed by atoms with Crippen molar-refractivity contribution in [2.75, 3.05) is 31.6 Å². The number of urea groups is 1.